The minimum Gasteiger partial charge on any atom is -0.462 e. The fourth-order valence-corrected chi connectivity index (χ4v) is 14.1. The average molecular weight is 1470 g/mol. The molecule has 19 heteroatoms. The van der Waals surface area contributed by atoms with Gasteiger partial charge in [-0.3, -0.25) is 37.3 Å². The van der Waals surface area contributed by atoms with Crippen LogP contribution in [0.15, 0.2) is 0 Å². The van der Waals surface area contributed by atoms with Gasteiger partial charge in [0.1, 0.15) is 19.3 Å². The number of esters is 4. The number of unbranched alkanes of at least 4 members (excludes halogenated alkanes) is 47. The Hall–Kier alpha value is -1.94. The Kier molecular flexibility index (Phi) is 69.9. The number of aliphatic hydroxyl groups excluding tert-OH is 1. The van der Waals surface area contributed by atoms with Gasteiger partial charge in [-0.2, -0.15) is 0 Å². The lowest BCUT2D eigenvalue weighted by atomic mass is 10.0. The summed E-state index contributed by atoms with van der Waals surface area (Å²) in [5.74, 6) is 0.270. The monoisotopic (exact) mass is 1470 g/mol. The highest BCUT2D eigenvalue weighted by Gasteiger charge is 2.30. The van der Waals surface area contributed by atoms with Gasteiger partial charge in [-0.1, -0.05) is 370 Å². The van der Waals surface area contributed by atoms with E-state index >= 15 is 0 Å². The molecule has 17 nitrogen and oxygen atoms in total. The Bertz CT molecular complexity index is 1940. The van der Waals surface area contributed by atoms with Gasteiger partial charge in [0.05, 0.1) is 26.4 Å². The van der Waals surface area contributed by atoms with Crippen LogP contribution in [-0.2, 0) is 65.4 Å². The molecule has 0 amide bonds. The highest BCUT2D eigenvalue weighted by atomic mass is 31.2. The predicted molar refractivity (Wildman–Crippen MR) is 409 cm³/mol. The van der Waals surface area contributed by atoms with Gasteiger partial charge in [-0.25, -0.2) is 9.13 Å². The number of carbonyl (C=O) groups excluding carboxylic acids is 4. The maximum Gasteiger partial charge on any atom is 0.472 e. The smallest absolute Gasteiger partial charge is 0.462 e. The molecule has 0 aromatic carbocycles. The molecular weight excluding hydrogens is 1310 g/mol. The number of phosphoric acid groups is 2. The van der Waals surface area contributed by atoms with Gasteiger partial charge in [-0.15, -0.1) is 0 Å². The second-order valence-corrected chi connectivity index (χ2v) is 33.5. The number of hydrogen-bond acceptors (Lipinski definition) is 15. The van der Waals surface area contributed by atoms with Crippen LogP contribution in [0.4, 0.5) is 0 Å². The van der Waals surface area contributed by atoms with E-state index in [1.54, 1.807) is 0 Å². The Balaban J connectivity index is 5.22. The standard InChI is InChI=1S/C81H158O17P2/c1-8-9-10-11-12-31-41-48-55-62-78(83)91-68-76(97-81(86)65-58-51-44-37-30-24-27-34-40-47-54-61-74(6)7)70-95-99(87,88)93-66-75(82)67-94-100(89,90)96-71-77(69-92-79(84)63-56-49-42-35-28-22-19-15-17-21-26-33-39-46-53-60-73(4)5)98-80(85)64-57-50-43-36-29-23-18-14-13-16-20-25-32-38-45-52-59-72(2)3/h72-77,82H,8-71H2,1-7H3,(H,87,88)(H,89,90)/t75-,76+,77+/m0/s1. The van der Waals surface area contributed by atoms with Crippen molar-refractivity contribution in [3.8, 4) is 0 Å². The third-order valence-electron chi connectivity index (χ3n) is 18.9. The molecule has 0 bridgehead atoms. The van der Waals surface area contributed by atoms with Crippen LogP contribution >= 0.6 is 15.6 Å². The van der Waals surface area contributed by atoms with E-state index < -0.39 is 97.5 Å². The Morgan fingerprint density at radius 1 is 0.270 bits per heavy atom. The summed E-state index contributed by atoms with van der Waals surface area (Å²) >= 11 is 0. The number of aliphatic hydroxyl groups is 1. The summed E-state index contributed by atoms with van der Waals surface area (Å²) in [7, 11) is -9.92. The number of phosphoric ester groups is 2. The number of hydrogen-bond donors (Lipinski definition) is 3. The molecule has 0 aliphatic rings. The van der Waals surface area contributed by atoms with Gasteiger partial charge in [-0.05, 0) is 43.4 Å². The molecule has 0 saturated carbocycles. The molecule has 0 aromatic rings. The van der Waals surface area contributed by atoms with Crippen LogP contribution in [0, 0.1) is 17.8 Å². The van der Waals surface area contributed by atoms with E-state index in [4.69, 9.17) is 37.0 Å². The highest BCUT2D eigenvalue weighted by Crippen LogP contribution is 2.45. The van der Waals surface area contributed by atoms with E-state index in [9.17, 15) is 43.2 Å². The average Bonchev–Trinajstić information content (AvgIpc) is 0.925. The topological polar surface area (TPSA) is 237 Å². The molecule has 0 fully saturated rings. The summed E-state index contributed by atoms with van der Waals surface area (Å²) < 4.78 is 68.7. The van der Waals surface area contributed by atoms with Crippen LogP contribution in [-0.4, -0.2) is 96.7 Å². The molecule has 5 atom stereocenters. The molecule has 0 heterocycles. The molecule has 0 saturated heterocycles. The fourth-order valence-electron chi connectivity index (χ4n) is 12.5. The molecule has 0 rings (SSSR count). The van der Waals surface area contributed by atoms with Crippen LogP contribution < -0.4 is 0 Å². The first-order chi connectivity index (χ1) is 48.2. The van der Waals surface area contributed by atoms with E-state index in [1.165, 1.54) is 231 Å². The molecule has 0 radical (unpaired) electrons. The number of ether oxygens (including phenoxy) is 4. The Morgan fingerprint density at radius 2 is 0.460 bits per heavy atom. The van der Waals surface area contributed by atoms with Gasteiger partial charge < -0.3 is 33.8 Å². The van der Waals surface area contributed by atoms with Crippen molar-refractivity contribution < 1.29 is 80.2 Å². The van der Waals surface area contributed by atoms with Crippen LogP contribution in [0.2, 0.25) is 0 Å². The van der Waals surface area contributed by atoms with E-state index in [0.717, 1.165) is 108 Å². The molecule has 2 unspecified atom stereocenters. The predicted octanol–water partition coefficient (Wildman–Crippen LogP) is 24.1. The summed E-state index contributed by atoms with van der Waals surface area (Å²) in [4.78, 5) is 73.0. The zero-order valence-corrected chi connectivity index (χ0v) is 67.5. The van der Waals surface area contributed by atoms with E-state index in [1.807, 2.05) is 0 Å². The molecule has 3 N–H and O–H groups in total. The highest BCUT2D eigenvalue weighted by molar-refractivity contribution is 7.47. The van der Waals surface area contributed by atoms with Crippen molar-refractivity contribution >= 4 is 39.5 Å². The first kappa shape index (κ1) is 98.1. The van der Waals surface area contributed by atoms with Crippen molar-refractivity contribution in [1.29, 1.82) is 0 Å². The lowest BCUT2D eigenvalue weighted by molar-refractivity contribution is -0.161. The minimum absolute atomic E-state index is 0.106. The quantitative estimate of drug-likeness (QED) is 0.0222. The van der Waals surface area contributed by atoms with Crippen LogP contribution in [0.3, 0.4) is 0 Å². The van der Waals surface area contributed by atoms with Crippen LogP contribution in [0.5, 0.6) is 0 Å². The Morgan fingerprint density at radius 3 is 0.680 bits per heavy atom. The summed E-state index contributed by atoms with van der Waals surface area (Å²) in [6.45, 7) is 12.0. The molecule has 0 spiro atoms. The SMILES string of the molecule is CCCCCCCCCCCC(=O)OC[C@H](COP(=O)(O)OC[C@H](O)COP(=O)(O)OC[C@@H](COC(=O)CCCCCCCCCCCCCCCCCC(C)C)OC(=O)CCCCCCCCCCCCCCCCCCC(C)C)OC(=O)CCCCCCCCCCCCCC(C)C. The van der Waals surface area contributed by atoms with Crippen LogP contribution in [0.1, 0.15) is 421 Å². The lowest BCUT2D eigenvalue weighted by Crippen LogP contribution is -2.30. The normalized spacial score (nSPS) is 14.0. The Labute approximate surface area is 613 Å². The van der Waals surface area contributed by atoms with Crippen molar-refractivity contribution in [2.75, 3.05) is 39.6 Å². The summed E-state index contributed by atoms with van der Waals surface area (Å²) in [5.41, 5.74) is 0. The third kappa shape index (κ3) is 74.3. The third-order valence-corrected chi connectivity index (χ3v) is 20.8. The molecule has 594 valence electrons. The molecule has 0 aromatic heterocycles. The fraction of sp³-hybridized carbons (Fsp3) is 0.951. The number of carbonyl (C=O) groups is 4. The van der Waals surface area contributed by atoms with Crippen LogP contribution in [0.25, 0.3) is 0 Å². The second-order valence-electron chi connectivity index (χ2n) is 30.6. The summed E-state index contributed by atoms with van der Waals surface area (Å²) in [6, 6.07) is 0. The van der Waals surface area contributed by atoms with Gasteiger partial charge in [0.25, 0.3) is 0 Å². The molecular formula is C81H158O17P2. The van der Waals surface area contributed by atoms with Crippen molar-refractivity contribution in [1.82, 2.24) is 0 Å². The molecule has 100 heavy (non-hydrogen) atoms. The van der Waals surface area contributed by atoms with Crippen molar-refractivity contribution in [3.63, 3.8) is 0 Å². The van der Waals surface area contributed by atoms with Crippen molar-refractivity contribution in [3.05, 3.63) is 0 Å². The van der Waals surface area contributed by atoms with Gasteiger partial charge in [0, 0.05) is 25.7 Å². The zero-order valence-electron chi connectivity index (χ0n) is 65.7. The first-order valence-corrected chi connectivity index (χ1v) is 44.8. The first-order valence-electron chi connectivity index (χ1n) is 41.8. The lowest BCUT2D eigenvalue weighted by Gasteiger charge is -2.21. The van der Waals surface area contributed by atoms with E-state index in [0.29, 0.717) is 25.7 Å². The number of rotatable bonds is 79. The molecule has 0 aliphatic carbocycles. The van der Waals surface area contributed by atoms with Gasteiger partial charge in [0.15, 0.2) is 12.2 Å². The second kappa shape index (κ2) is 71.3. The van der Waals surface area contributed by atoms with Crippen molar-refractivity contribution in [2.45, 2.75) is 439 Å². The largest absolute Gasteiger partial charge is 0.472 e. The van der Waals surface area contributed by atoms with Gasteiger partial charge in [0.2, 0.25) is 0 Å². The van der Waals surface area contributed by atoms with E-state index in [-0.39, 0.29) is 25.7 Å². The summed E-state index contributed by atoms with van der Waals surface area (Å²) in [5, 5.41) is 10.6. The van der Waals surface area contributed by atoms with E-state index in [2.05, 4.69) is 48.5 Å². The zero-order chi connectivity index (χ0) is 73.7. The maximum atomic E-state index is 13.1. The minimum atomic E-state index is -4.96. The van der Waals surface area contributed by atoms with Crippen molar-refractivity contribution in [2.24, 2.45) is 17.8 Å². The summed E-state index contributed by atoms with van der Waals surface area (Å²) in [6.07, 6.45) is 59.7. The van der Waals surface area contributed by atoms with Gasteiger partial charge >= 0.3 is 39.5 Å². The molecule has 0 aliphatic heterocycles. The maximum absolute atomic E-state index is 13.1.